The number of hydrogen-bond donors (Lipinski definition) is 1. The Morgan fingerprint density at radius 1 is 0.929 bits per heavy atom. The molecule has 0 atom stereocenters. The van der Waals surface area contributed by atoms with E-state index in [0.29, 0.717) is 12.2 Å². The van der Waals surface area contributed by atoms with Gasteiger partial charge in [0.25, 0.3) is 5.91 Å². The summed E-state index contributed by atoms with van der Waals surface area (Å²) < 4.78 is 10.5. The molecule has 1 N–H and O–H groups in total. The van der Waals surface area contributed by atoms with Gasteiger partial charge in [0, 0.05) is 10.9 Å². The fourth-order valence-electron chi connectivity index (χ4n) is 2.90. The van der Waals surface area contributed by atoms with Crippen LogP contribution in [0.25, 0.3) is 16.8 Å². The molecule has 5 heteroatoms. The molecule has 3 aromatic rings. The quantitative estimate of drug-likeness (QED) is 0.518. The highest BCUT2D eigenvalue weighted by molar-refractivity contribution is 6.05. The second-order valence-corrected chi connectivity index (χ2v) is 6.00. The van der Waals surface area contributed by atoms with E-state index in [1.54, 1.807) is 30.3 Å². The van der Waals surface area contributed by atoms with E-state index in [1.165, 1.54) is 7.11 Å². The van der Waals surface area contributed by atoms with E-state index < -0.39 is 5.97 Å². The second kappa shape index (κ2) is 8.86. The van der Waals surface area contributed by atoms with Gasteiger partial charge in [-0.2, -0.15) is 0 Å². The minimum Gasteiger partial charge on any atom is -0.493 e. The van der Waals surface area contributed by atoms with E-state index in [9.17, 15) is 9.59 Å². The van der Waals surface area contributed by atoms with E-state index in [0.717, 1.165) is 22.1 Å². The van der Waals surface area contributed by atoms with Crippen LogP contribution in [0.4, 0.5) is 0 Å². The molecule has 0 spiro atoms. The van der Waals surface area contributed by atoms with Crippen LogP contribution in [0.1, 0.15) is 22.8 Å². The first-order valence-corrected chi connectivity index (χ1v) is 8.95. The summed E-state index contributed by atoms with van der Waals surface area (Å²) in [6.07, 6.45) is 1.62. The number of methoxy groups -OCH3 is 1. The van der Waals surface area contributed by atoms with E-state index in [4.69, 9.17) is 9.47 Å². The standard InChI is InChI=1S/C23H21NO4/c1-3-28-21-14-13-17(18-11-7-8-12-19(18)21)15-20(23(26)27-2)24-22(25)16-9-5-4-6-10-16/h4-15H,3H2,1-2H3,(H,24,25). The first kappa shape index (κ1) is 19.2. The van der Waals surface area contributed by atoms with Crippen LogP contribution in [-0.4, -0.2) is 25.6 Å². The minimum atomic E-state index is -0.623. The maximum Gasteiger partial charge on any atom is 0.354 e. The molecular weight excluding hydrogens is 354 g/mol. The maximum absolute atomic E-state index is 12.5. The summed E-state index contributed by atoms with van der Waals surface area (Å²) in [7, 11) is 1.28. The minimum absolute atomic E-state index is 0.0608. The van der Waals surface area contributed by atoms with Gasteiger partial charge in [-0.1, -0.05) is 48.5 Å². The molecule has 28 heavy (non-hydrogen) atoms. The molecule has 0 aromatic heterocycles. The van der Waals surface area contributed by atoms with Crippen molar-refractivity contribution in [3.8, 4) is 5.75 Å². The third-order valence-corrected chi connectivity index (χ3v) is 4.21. The molecule has 0 aliphatic heterocycles. The monoisotopic (exact) mass is 375 g/mol. The summed E-state index contributed by atoms with van der Waals surface area (Å²) in [6, 6.07) is 20.1. The van der Waals surface area contributed by atoms with E-state index in [-0.39, 0.29) is 11.6 Å². The number of fused-ring (bicyclic) bond motifs is 1. The molecule has 5 nitrogen and oxygen atoms in total. The van der Waals surface area contributed by atoms with Gasteiger partial charge in [0.2, 0.25) is 0 Å². The van der Waals surface area contributed by atoms with Crippen LogP contribution >= 0.6 is 0 Å². The van der Waals surface area contributed by atoms with Crippen LogP contribution in [0.3, 0.4) is 0 Å². The number of nitrogens with one attached hydrogen (secondary N) is 1. The van der Waals surface area contributed by atoms with Crippen molar-refractivity contribution >= 4 is 28.7 Å². The third-order valence-electron chi connectivity index (χ3n) is 4.21. The van der Waals surface area contributed by atoms with Crippen molar-refractivity contribution in [3.05, 3.63) is 83.6 Å². The lowest BCUT2D eigenvalue weighted by Crippen LogP contribution is -2.28. The number of hydrogen-bond acceptors (Lipinski definition) is 4. The zero-order valence-electron chi connectivity index (χ0n) is 15.8. The van der Waals surface area contributed by atoms with Crippen LogP contribution in [0.2, 0.25) is 0 Å². The third kappa shape index (κ3) is 4.20. The number of rotatable bonds is 6. The average Bonchev–Trinajstić information content (AvgIpc) is 2.75. The van der Waals surface area contributed by atoms with Crippen LogP contribution in [0, 0.1) is 0 Å². The summed E-state index contributed by atoms with van der Waals surface area (Å²) in [5.74, 6) is -0.238. The average molecular weight is 375 g/mol. The summed E-state index contributed by atoms with van der Waals surface area (Å²) in [5, 5.41) is 4.49. The maximum atomic E-state index is 12.5. The van der Waals surface area contributed by atoms with Crippen LogP contribution < -0.4 is 10.1 Å². The smallest absolute Gasteiger partial charge is 0.354 e. The van der Waals surface area contributed by atoms with Gasteiger partial charge in [0.15, 0.2) is 0 Å². The number of carbonyl (C=O) groups excluding carboxylic acids is 2. The van der Waals surface area contributed by atoms with Crippen molar-refractivity contribution in [2.75, 3.05) is 13.7 Å². The van der Waals surface area contributed by atoms with Crippen molar-refractivity contribution in [3.63, 3.8) is 0 Å². The number of ether oxygens (including phenoxy) is 2. The largest absolute Gasteiger partial charge is 0.493 e. The topological polar surface area (TPSA) is 64.6 Å². The Labute approximate surface area is 163 Å². The molecule has 0 heterocycles. The molecule has 3 aromatic carbocycles. The van der Waals surface area contributed by atoms with E-state index in [1.807, 2.05) is 49.4 Å². The molecule has 1 amide bonds. The van der Waals surface area contributed by atoms with Crippen molar-refractivity contribution in [1.82, 2.24) is 5.32 Å². The van der Waals surface area contributed by atoms with Gasteiger partial charge in [0.1, 0.15) is 11.4 Å². The Hall–Kier alpha value is -3.60. The molecule has 0 fully saturated rings. The lowest BCUT2D eigenvalue weighted by Gasteiger charge is -2.12. The number of carbonyl (C=O) groups is 2. The Balaban J connectivity index is 2.03. The van der Waals surface area contributed by atoms with E-state index >= 15 is 0 Å². The molecule has 0 bridgehead atoms. The highest BCUT2D eigenvalue weighted by Crippen LogP contribution is 2.29. The molecule has 3 rings (SSSR count). The fourth-order valence-corrected chi connectivity index (χ4v) is 2.90. The molecule has 0 saturated heterocycles. The van der Waals surface area contributed by atoms with Crippen LogP contribution in [0.5, 0.6) is 5.75 Å². The summed E-state index contributed by atoms with van der Waals surface area (Å²) in [5.41, 5.74) is 1.28. The predicted molar refractivity (Wildman–Crippen MR) is 109 cm³/mol. The molecular formula is C23H21NO4. The molecule has 0 aliphatic carbocycles. The zero-order valence-corrected chi connectivity index (χ0v) is 15.8. The molecule has 0 unspecified atom stereocenters. The molecule has 142 valence electrons. The number of esters is 1. The van der Waals surface area contributed by atoms with Gasteiger partial charge in [-0.15, -0.1) is 0 Å². The van der Waals surface area contributed by atoms with Gasteiger partial charge in [0.05, 0.1) is 13.7 Å². The SMILES string of the molecule is CCOc1ccc(C=C(NC(=O)c2ccccc2)C(=O)OC)c2ccccc12. The fraction of sp³-hybridized carbons (Fsp3) is 0.130. The Bertz CT molecular complexity index is 1030. The van der Waals surface area contributed by atoms with Crippen molar-refractivity contribution in [2.24, 2.45) is 0 Å². The van der Waals surface area contributed by atoms with Gasteiger partial charge in [-0.3, -0.25) is 4.79 Å². The van der Waals surface area contributed by atoms with Crippen LogP contribution in [0.15, 0.2) is 72.4 Å². The van der Waals surface area contributed by atoms with Crippen molar-refractivity contribution in [2.45, 2.75) is 6.92 Å². The predicted octanol–water partition coefficient (Wildman–Crippen LogP) is 4.18. The first-order valence-electron chi connectivity index (χ1n) is 8.95. The van der Waals surface area contributed by atoms with Crippen LogP contribution in [-0.2, 0) is 9.53 Å². The summed E-state index contributed by atoms with van der Waals surface area (Å²) >= 11 is 0. The van der Waals surface area contributed by atoms with Gasteiger partial charge < -0.3 is 14.8 Å². The normalized spacial score (nSPS) is 11.1. The Morgan fingerprint density at radius 3 is 2.29 bits per heavy atom. The van der Waals surface area contributed by atoms with Gasteiger partial charge in [-0.05, 0) is 42.1 Å². The molecule has 0 aliphatic rings. The molecule has 0 saturated carbocycles. The van der Waals surface area contributed by atoms with Gasteiger partial charge >= 0.3 is 5.97 Å². The number of benzene rings is 3. The zero-order chi connectivity index (χ0) is 19.9. The summed E-state index contributed by atoms with van der Waals surface area (Å²) in [6.45, 7) is 2.48. The second-order valence-electron chi connectivity index (χ2n) is 6.00. The lowest BCUT2D eigenvalue weighted by molar-refractivity contribution is -0.136. The van der Waals surface area contributed by atoms with Gasteiger partial charge in [-0.25, -0.2) is 4.79 Å². The highest BCUT2D eigenvalue weighted by atomic mass is 16.5. The Morgan fingerprint density at radius 2 is 1.61 bits per heavy atom. The lowest BCUT2D eigenvalue weighted by atomic mass is 10.0. The highest BCUT2D eigenvalue weighted by Gasteiger charge is 2.16. The number of amides is 1. The van der Waals surface area contributed by atoms with Crippen molar-refractivity contribution in [1.29, 1.82) is 0 Å². The first-order chi connectivity index (χ1) is 13.6. The van der Waals surface area contributed by atoms with E-state index in [2.05, 4.69) is 5.32 Å². The Kier molecular flexibility index (Phi) is 6.07. The summed E-state index contributed by atoms with van der Waals surface area (Å²) in [4.78, 5) is 24.7. The molecule has 0 radical (unpaired) electrons. The van der Waals surface area contributed by atoms with Crippen molar-refractivity contribution < 1.29 is 19.1 Å².